The molecule has 0 aliphatic rings. The van der Waals surface area contributed by atoms with Gasteiger partial charge in [-0.15, -0.1) is 0 Å². The highest BCUT2D eigenvalue weighted by Gasteiger charge is 1.63. The van der Waals surface area contributed by atoms with Crippen molar-refractivity contribution in [2.75, 3.05) is 42.0 Å². The van der Waals surface area contributed by atoms with Gasteiger partial charge in [-0.05, 0) is 0 Å². The van der Waals surface area contributed by atoms with Gasteiger partial charge in [-0.25, -0.2) is 0 Å². The normalized spacial score (nSPS) is 8.40. The second kappa shape index (κ2) is 15.9. The van der Waals surface area contributed by atoms with Gasteiger partial charge >= 0.3 is 0 Å². The Kier molecular flexibility index (Phi) is 19.9. The van der Waals surface area contributed by atoms with Crippen LogP contribution in [0.5, 0.6) is 0 Å². The molecule has 0 aromatic carbocycles. The molecule has 0 fully saturated rings. The van der Waals surface area contributed by atoms with Gasteiger partial charge in [0.15, 0.2) is 0 Å². The molecule has 4 nitrogen and oxygen atoms in total. The zero-order chi connectivity index (χ0) is 8.24. The van der Waals surface area contributed by atoms with Gasteiger partial charge in [-0.3, -0.25) is 0 Å². The molecule has 0 rings (SSSR count). The third-order valence-electron chi connectivity index (χ3n) is 0.471. The fourth-order valence-electron chi connectivity index (χ4n) is 0.236. The van der Waals surface area contributed by atoms with Gasteiger partial charge in [0.25, 0.3) is 0 Å². The van der Waals surface area contributed by atoms with Gasteiger partial charge in [-0.2, -0.15) is 0 Å². The van der Waals surface area contributed by atoms with E-state index in [0.717, 1.165) is 0 Å². The van der Waals surface area contributed by atoms with Crippen molar-refractivity contribution in [2.45, 2.75) is 0 Å². The number of ether oxygens (including phenoxy) is 4. The van der Waals surface area contributed by atoms with Crippen LogP contribution in [0.4, 0.5) is 0 Å². The Labute approximate surface area is 63.5 Å². The Bertz CT molecular complexity index is 35.6. The fraction of sp³-hybridized carbons (Fsp3) is 1.00. The van der Waals surface area contributed by atoms with Gasteiger partial charge in [0, 0.05) is 29.9 Å². The number of methoxy groups -OCH3 is 4. The van der Waals surface area contributed by atoms with Crippen LogP contribution >= 0.6 is 0 Å². The number of hydrogen-bond donors (Lipinski definition) is 0. The maximum absolute atomic E-state index is 4.47. The summed E-state index contributed by atoms with van der Waals surface area (Å²) in [7, 11) is 6.35. The van der Waals surface area contributed by atoms with Crippen molar-refractivity contribution in [3.8, 4) is 0 Å². The molecule has 0 aromatic rings. The summed E-state index contributed by atoms with van der Waals surface area (Å²) in [6.45, 7) is 0.778. The van der Waals surface area contributed by atoms with E-state index in [4.69, 9.17) is 0 Å². The Hall–Kier alpha value is -0.160. The summed E-state index contributed by atoms with van der Waals surface area (Å²) in [5.41, 5.74) is 0. The minimum atomic E-state index is 0. The van der Waals surface area contributed by atoms with Crippen LogP contribution < -0.4 is 0 Å². The highest BCUT2D eigenvalue weighted by molar-refractivity contribution is 3.85. The molecule has 66 valence electrons. The van der Waals surface area contributed by atoms with Gasteiger partial charge in [0.2, 0.25) is 0 Å². The third-order valence-corrected chi connectivity index (χ3v) is 0.471. The highest BCUT2D eigenvalue weighted by Crippen LogP contribution is 1.60. The predicted molar refractivity (Wildman–Crippen MR) is 39.9 cm³/mol. The minimum absolute atomic E-state index is 0. The molecule has 0 radical (unpaired) electrons. The topological polar surface area (TPSA) is 36.9 Å². The molecule has 0 bridgehead atoms. The lowest BCUT2D eigenvalue weighted by Crippen LogP contribution is -1.87. The largest absolute Gasteiger partial charge is 0.359 e. The summed E-state index contributed by atoms with van der Waals surface area (Å²) in [6.07, 6.45) is 0. The lowest BCUT2D eigenvalue weighted by molar-refractivity contribution is -0.00282. The SMILES string of the molecule is COCOC.COCOC.[HH]. The molecule has 0 aliphatic carbocycles. The maximum Gasteiger partial charge on any atom is 0.145 e. The number of rotatable bonds is 4. The van der Waals surface area contributed by atoms with E-state index < -0.39 is 0 Å². The van der Waals surface area contributed by atoms with Crippen LogP contribution in [0, 0.1) is 0 Å². The van der Waals surface area contributed by atoms with Crippen LogP contribution in [-0.2, 0) is 18.9 Å². The second-order valence-corrected chi connectivity index (χ2v) is 1.39. The zero-order valence-corrected chi connectivity index (χ0v) is 7.05. The molecule has 0 unspecified atom stereocenters. The van der Waals surface area contributed by atoms with E-state index in [1.54, 1.807) is 28.4 Å². The second-order valence-electron chi connectivity index (χ2n) is 1.39. The Morgan fingerprint density at radius 1 is 0.700 bits per heavy atom. The molecule has 0 amide bonds. The number of hydrogen-bond acceptors (Lipinski definition) is 4. The molecule has 0 spiro atoms. The summed E-state index contributed by atoms with van der Waals surface area (Å²) in [6, 6.07) is 0. The van der Waals surface area contributed by atoms with Crippen LogP contribution in [0.15, 0.2) is 0 Å². The first-order chi connectivity index (χ1) is 4.83. The standard InChI is InChI=1S/2C3H8O2.H2/c2*1-4-3-5-2;/h2*3H2,1-2H3;1H. The summed E-state index contributed by atoms with van der Waals surface area (Å²) in [5, 5.41) is 0. The van der Waals surface area contributed by atoms with Gasteiger partial charge < -0.3 is 18.9 Å². The molecule has 0 heterocycles. The molecular weight excluding hydrogens is 136 g/mol. The lowest BCUT2D eigenvalue weighted by Gasteiger charge is -1.87. The summed E-state index contributed by atoms with van der Waals surface area (Å²) in [4.78, 5) is 0. The molecule has 0 N–H and O–H groups in total. The minimum Gasteiger partial charge on any atom is -0.359 e. The van der Waals surface area contributed by atoms with E-state index in [1.807, 2.05) is 0 Å². The summed E-state index contributed by atoms with van der Waals surface area (Å²) >= 11 is 0. The first kappa shape index (κ1) is 12.5. The van der Waals surface area contributed by atoms with E-state index in [-0.39, 0.29) is 1.43 Å². The fourth-order valence-corrected chi connectivity index (χ4v) is 0.236. The highest BCUT2D eigenvalue weighted by atomic mass is 16.7. The molecule has 0 saturated heterocycles. The first-order valence-electron chi connectivity index (χ1n) is 2.79. The monoisotopic (exact) mass is 154 g/mol. The van der Waals surface area contributed by atoms with Crippen LogP contribution in [-0.4, -0.2) is 42.0 Å². The van der Waals surface area contributed by atoms with Gasteiger partial charge in [0.05, 0.1) is 0 Å². The molecule has 10 heavy (non-hydrogen) atoms. The van der Waals surface area contributed by atoms with Crippen molar-refractivity contribution in [3.63, 3.8) is 0 Å². The van der Waals surface area contributed by atoms with Crippen molar-refractivity contribution in [2.24, 2.45) is 0 Å². The van der Waals surface area contributed by atoms with Crippen molar-refractivity contribution in [1.29, 1.82) is 0 Å². The third kappa shape index (κ3) is 24.9. The lowest BCUT2D eigenvalue weighted by atomic mass is 11.4. The smallest absolute Gasteiger partial charge is 0.145 e. The summed E-state index contributed by atoms with van der Waals surface area (Å²) < 4.78 is 17.9. The van der Waals surface area contributed by atoms with E-state index in [9.17, 15) is 0 Å². The Morgan fingerprint density at radius 3 is 0.900 bits per heavy atom. The van der Waals surface area contributed by atoms with Crippen molar-refractivity contribution < 1.29 is 20.4 Å². The first-order valence-corrected chi connectivity index (χ1v) is 2.79. The van der Waals surface area contributed by atoms with E-state index >= 15 is 0 Å². The molecular formula is C6H18O4. The van der Waals surface area contributed by atoms with Crippen LogP contribution in [0.25, 0.3) is 0 Å². The molecule has 0 atom stereocenters. The quantitative estimate of drug-likeness (QED) is 0.559. The van der Waals surface area contributed by atoms with Gasteiger partial charge in [-0.1, -0.05) is 0 Å². The maximum atomic E-state index is 4.47. The van der Waals surface area contributed by atoms with E-state index in [2.05, 4.69) is 18.9 Å². The van der Waals surface area contributed by atoms with E-state index in [0.29, 0.717) is 13.6 Å². The van der Waals surface area contributed by atoms with Crippen molar-refractivity contribution >= 4 is 0 Å². The summed E-state index contributed by atoms with van der Waals surface area (Å²) in [5.74, 6) is 0. The molecule has 0 aromatic heterocycles. The average Bonchev–Trinajstić information content (AvgIpc) is 1.93. The molecule has 0 saturated carbocycles. The van der Waals surface area contributed by atoms with E-state index in [1.165, 1.54) is 0 Å². The van der Waals surface area contributed by atoms with Crippen LogP contribution in [0.1, 0.15) is 1.43 Å². The van der Waals surface area contributed by atoms with Crippen molar-refractivity contribution in [1.82, 2.24) is 0 Å². The van der Waals surface area contributed by atoms with Crippen molar-refractivity contribution in [3.05, 3.63) is 0 Å². The predicted octanol–water partition coefficient (Wildman–Crippen LogP) is 0.719. The van der Waals surface area contributed by atoms with Gasteiger partial charge in [0.1, 0.15) is 13.6 Å². The molecule has 4 heteroatoms. The zero-order valence-electron chi connectivity index (χ0n) is 7.05. The Morgan fingerprint density at radius 2 is 0.900 bits per heavy atom. The van der Waals surface area contributed by atoms with Crippen LogP contribution in [0.3, 0.4) is 0 Å². The molecule has 0 aliphatic heterocycles. The average molecular weight is 154 g/mol. The Balaban J connectivity index is -0.000000107. The van der Waals surface area contributed by atoms with Crippen LogP contribution in [0.2, 0.25) is 0 Å².